The summed E-state index contributed by atoms with van der Waals surface area (Å²) in [6.45, 7) is 13.3. The lowest BCUT2D eigenvalue weighted by Crippen LogP contribution is -2.08. The minimum absolute atomic E-state index is 0.167. The van der Waals surface area contributed by atoms with Crippen LogP contribution in [-0.4, -0.2) is 33.1 Å². The van der Waals surface area contributed by atoms with Crippen LogP contribution in [0.3, 0.4) is 0 Å². The van der Waals surface area contributed by atoms with Gasteiger partial charge in [-0.05, 0) is 39.5 Å². The van der Waals surface area contributed by atoms with E-state index in [9.17, 15) is 9.59 Å². The fraction of sp³-hybridized carbons (Fsp3) is 0.667. The monoisotopic (exact) mass is 396 g/mol. The lowest BCUT2D eigenvalue weighted by molar-refractivity contribution is -0.137. The first-order valence-corrected chi connectivity index (χ1v) is 9.95. The Morgan fingerprint density at radius 1 is 0.750 bits per heavy atom. The Morgan fingerprint density at radius 3 is 1.07 bits per heavy atom. The standard InChI is InChI=1S/C8H16.C8H10.C3H6O2.C3H6O.C2H6O/c2*1-7-3-5-8(2)6-4-7;1-3(4)5-2;1-3(2)4;1-3-2/h7-8H,3-6H2,1-2H3;3-6H,1-2H3;1-2H3;1-2H3;1-2H3. The lowest BCUT2D eigenvalue weighted by Gasteiger charge is -2.22. The summed E-state index contributed by atoms with van der Waals surface area (Å²) < 4.78 is 8.36. The van der Waals surface area contributed by atoms with Gasteiger partial charge in [0.05, 0.1) is 7.11 Å². The van der Waals surface area contributed by atoms with Gasteiger partial charge in [0, 0.05) is 21.1 Å². The van der Waals surface area contributed by atoms with Crippen molar-refractivity contribution in [2.75, 3.05) is 21.3 Å². The molecule has 164 valence electrons. The summed E-state index contributed by atoms with van der Waals surface area (Å²) in [5.41, 5.74) is 2.66. The van der Waals surface area contributed by atoms with Crippen molar-refractivity contribution >= 4 is 11.8 Å². The molecule has 0 unspecified atom stereocenters. The van der Waals surface area contributed by atoms with Gasteiger partial charge >= 0.3 is 5.97 Å². The van der Waals surface area contributed by atoms with Crippen LogP contribution < -0.4 is 0 Å². The lowest BCUT2D eigenvalue weighted by atomic mass is 9.84. The summed E-state index contributed by atoms with van der Waals surface area (Å²) in [6.07, 6.45) is 5.89. The van der Waals surface area contributed by atoms with Crippen LogP contribution in [-0.2, 0) is 19.1 Å². The zero-order valence-corrected chi connectivity index (χ0v) is 19.9. The maximum atomic E-state index is 9.59. The number of carbonyl (C=O) groups is 2. The van der Waals surface area contributed by atoms with E-state index in [1.54, 1.807) is 14.2 Å². The first-order valence-electron chi connectivity index (χ1n) is 9.95. The highest BCUT2D eigenvalue weighted by Crippen LogP contribution is 2.27. The van der Waals surface area contributed by atoms with E-state index >= 15 is 0 Å². The van der Waals surface area contributed by atoms with E-state index in [0.29, 0.717) is 0 Å². The number of ether oxygens (including phenoxy) is 2. The quantitative estimate of drug-likeness (QED) is 0.492. The van der Waals surface area contributed by atoms with Gasteiger partial charge in [-0.3, -0.25) is 4.79 Å². The smallest absolute Gasteiger partial charge is 0.302 e. The van der Waals surface area contributed by atoms with Gasteiger partial charge in [-0.2, -0.15) is 0 Å². The molecule has 1 aliphatic rings. The van der Waals surface area contributed by atoms with E-state index in [-0.39, 0.29) is 11.8 Å². The van der Waals surface area contributed by atoms with Crippen molar-refractivity contribution in [2.45, 2.75) is 74.1 Å². The minimum Gasteiger partial charge on any atom is -0.469 e. The molecule has 4 nitrogen and oxygen atoms in total. The maximum absolute atomic E-state index is 9.59. The summed E-state index contributed by atoms with van der Waals surface area (Å²) in [4.78, 5) is 19.0. The molecule has 0 saturated heterocycles. The largest absolute Gasteiger partial charge is 0.469 e. The SMILES string of the molecule is CC(C)=O.CC1CCC(C)CC1.COC.COC(C)=O.Cc1ccc(C)cc1. The van der Waals surface area contributed by atoms with Crippen molar-refractivity contribution in [3.63, 3.8) is 0 Å². The second-order valence-electron chi connectivity index (χ2n) is 7.53. The molecule has 0 atom stereocenters. The molecule has 0 amide bonds. The molecule has 0 heterocycles. The number of ketones is 1. The molecule has 0 bridgehead atoms. The zero-order valence-electron chi connectivity index (χ0n) is 19.9. The molecule has 4 heteroatoms. The summed E-state index contributed by atoms with van der Waals surface area (Å²) in [5.74, 6) is 1.96. The van der Waals surface area contributed by atoms with E-state index in [1.165, 1.54) is 64.7 Å². The van der Waals surface area contributed by atoms with Crippen LogP contribution in [0.25, 0.3) is 0 Å². The van der Waals surface area contributed by atoms with Crippen LogP contribution >= 0.6 is 0 Å². The molecule has 2 rings (SSSR count). The number of hydrogen-bond acceptors (Lipinski definition) is 4. The van der Waals surface area contributed by atoms with Crippen LogP contribution in [0.15, 0.2) is 24.3 Å². The number of carbonyl (C=O) groups excluding carboxylic acids is 2. The molecule has 0 spiro atoms. The molecule has 0 aliphatic heterocycles. The van der Waals surface area contributed by atoms with Crippen molar-refractivity contribution in [3.05, 3.63) is 35.4 Å². The van der Waals surface area contributed by atoms with Gasteiger partial charge in [-0.25, -0.2) is 0 Å². The Balaban J connectivity index is -0.000000295. The summed E-state index contributed by atoms with van der Waals surface area (Å²) >= 11 is 0. The van der Waals surface area contributed by atoms with E-state index in [4.69, 9.17) is 0 Å². The van der Waals surface area contributed by atoms with Gasteiger partial charge in [0.15, 0.2) is 0 Å². The number of esters is 1. The number of benzene rings is 1. The molecular weight excluding hydrogens is 352 g/mol. The molecule has 1 aromatic rings. The van der Waals surface area contributed by atoms with Gasteiger partial charge in [0.2, 0.25) is 0 Å². The molecule has 1 aromatic carbocycles. The van der Waals surface area contributed by atoms with Gasteiger partial charge in [-0.15, -0.1) is 0 Å². The average molecular weight is 397 g/mol. The minimum atomic E-state index is -0.245. The van der Waals surface area contributed by atoms with Crippen molar-refractivity contribution in [2.24, 2.45) is 11.8 Å². The fourth-order valence-corrected chi connectivity index (χ4v) is 2.06. The number of rotatable bonds is 0. The van der Waals surface area contributed by atoms with E-state index in [1.807, 2.05) is 0 Å². The fourth-order valence-electron chi connectivity index (χ4n) is 2.06. The van der Waals surface area contributed by atoms with Gasteiger partial charge in [0.25, 0.3) is 0 Å². The molecule has 0 aromatic heterocycles. The van der Waals surface area contributed by atoms with Crippen LogP contribution in [0.5, 0.6) is 0 Å². The van der Waals surface area contributed by atoms with E-state index in [0.717, 1.165) is 11.8 Å². The number of aryl methyl sites for hydroxylation is 2. The molecular formula is C24H44O4. The third-order valence-corrected chi connectivity index (χ3v) is 3.81. The maximum Gasteiger partial charge on any atom is 0.302 e. The highest BCUT2D eigenvalue weighted by Gasteiger charge is 2.13. The first-order chi connectivity index (χ1) is 13.0. The van der Waals surface area contributed by atoms with Gasteiger partial charge < -0.3 is 14.3 Å². The Morgan fingerprint density at radius 2 is 0.929 bits per heavy atom. The molecule has 1 saturated carbocycles. The van der Waals surface area contributed by atoms with Crippen molar-refractivity contribution in [3.8, 4) is 0 Å². The molecule has 1 aliphatic carbocycles. The first kappa shape index (κ1) is 31.0. The second kappa shape index (κ2) is 21.6. The molecule has 28 heavy (non-hydrogen) atoms. The number of hydrogen-bond donors (Lipinski definition) is 0. The van der Waals surface area contributed by atoms with Crippen LogP contribution in [0.2, 0.25) is 0 Å². The van der Waals surface area contributed by atoms with Gasteiger partial charge in [-0.1, -0.05) is 74.9 Å². The second-order valence-corrected chi connectivity index (χ2v) is 7.53. The summed E-state index contributed by atoms with van der Waals surface area (Å²) in [5, 5.41) is 0. The Hall–Kier alpha value is -1.68. The van der Waals surface area contributed by atoms with Gasteiger partial charge in [0.1, 0.15) is 5.78 Å². The number of Topliss-reactive ketones (excluding diaryl/α,β-unsaturated/α-hetero) is 1. The van der Waals surface area contributed by atoms with Crippen molar-refractivity contribution in [1.29, 1.82) is 0 Å². The highest BCUT2D eigenvalue weighted by atomic mass is 16.5. The van der Waals surface area contributed by atoms with Crippen LogP contribution in [0, 0.1) is 25.7 Å². The highest BCUT2D eigenvalue weighted by molar-refractivity contribution is 5.72. The van der Waals surface area contributed by atoms with Crippen LogP contribution in [0.4, 0.5) is 0 Å². The molecule has 0 radical (unpaired) electrons. The average Bonchev–Trinajstić information content (AvgIpc) is 2.61. The Kier molecular flexibility index (Phi) is 24.0. The number of methoxy groups -OCH3 is 2. The molecule has 1 fully saturated rings. The Bertz CT molecular complexity index is 437. The molecule has 0 N–H and O–H groups in total. The third-order valence-electron chi connectivity index (χ3n) is 3.81. The van der Waals surface area contributed by atoms with E-state index in [2.05, 4.69) is 61.4 Å². The Labute approximate surface area is 174 Å². The predicted octanol–water partition coefficient (Wildman–Crippen LogP) is 6.17. The van der Waals surface area contributed by atoms with Crippen molar-refractivity contribution < 1.29 is 19.1 Å². The third kappa shape index (κ3) is 32.0. The van der Waals surface area contributed by atoms with Crippen molar-refractivity contribution in [1.82, 2.24) is 0 Å². The topological polar surface area (TPSA) is 52.6 Å². The van der Waals surface area contributed by atoms with E-state index < -0.39 is 0 Å². The van der Waals surface area contributed by atoms with Crippen LogP contribution in [0.1, 0.15) is 71.4 Å². The summed E-state index contributed by atoms with van der Waals surface area (Å²) in [6, 6.07) is 8.48. The predicted molar refractivity (Wildman–Crippen MR) is 120 cm³/mol. The normalized spacial score (nSPS) is 16.8. The summed E-state index contributed by atoms with van der Waals surface area (Å²) in [7, 11) is 4.60. The zero-order chi connectivity index (χ0) is 22.5.